The van der Waals surface area contributed by atoms with Crippen LogP contribution in [0.3, 0.4) is 0 Å². The third kappa shape index (κ3) is 2.88. The first-order valence-corrected chi connectivity index (χ1v) is 5.56. The van der Waals surface area contributed by atoms with E-state index in [1.807, 2.05) is 0 Å². The highest BCUT2D eigenvalue weighted by Gasteiger charge is 2.19. The zero-order valence-electron chi connectivity index (χ0n) is 8.36. The van der Waals surface area contributed by atoms with Gasteiger partial charge in [-0.05, 0) is 18.2 Å². The van der Waals surface area contributed by atoms with Crippen molar-refractivity contribution in [1.82, 2.24) is 9.84 Å². The maximum Gasteiger partial charge on any atom is 0.256 e. The van der Waals surface area contributed by atoms with E-state index in [1.54, 1.807) is 0 Å². The maximum atomic E-state index is 13.3. The molecule has 0 aliphatic heterocycles. The summed E-state index contributed by atoms with van der Waals surface area (Å²) in [5.41, 5.74) is 5.48. The number of hydrogen-bond donors (Lipinski definition) is 2. The number of hydrazine groups is 1. The molecule has 0 bridgehead atoms. The molecule has 5 nitrogen and oxygen atoms in total. The lowest BCUT2D eigenvalue weighted by molar-refractivity contribution is 0.363. The Hall–Kier alpha value is -1.18. The van der Waals surface area contributed by atoms with Gasteiger partial charge in [-0.15, -0.1) is 4.83 Å². The van der Waals surface area contributed by atoms with Gasteiger partial charge in [0.25, 0.3) is 10.0 Å². The number of benzene rings is 1. The second kappa shape index (κ2) is 4.13. The first-order chi connectivity index (χ1) is 6.83. The summed E-state index contributed by atoms with van der Waals surface area (Å²) in [5, 5.41) is 1.21. The number of halogens is 1. The topological polar surface area (TPSA) is 75.4 Å². The van der Waals surface area contributed by atoms with Crippen LogP contribution >= 0.6 is 0 Å². The Bertz CT molecular complexity index is 459. The van der Waals surface area contributed by atoms with Crippen LogP contribution in [-0.2, 0) is 10.0 Å². The standard InChI is InChI=1S/C8H12FN3O2S/c1-12(2)11-15(13,14)8-4-3-6(10)5-7(8)9/h3-5,11H,10H2,1-2H3. The highest BCUT2D eigenvalue weighted by atomic mass is 32.2. The van der Waals surface area contributed by atoms with E-state index in [-0.39, 0.29) is 5.69 Å². The Labute approximate surface area is 87.7 Å². The zero-order chi connectivity index (χ0) is 11.6. The van der Waals surface area contributed by atoms with E-state index >= 15 is 0 Å². The molecule has 1 aromatic rings. The Morgan fingerprint density at radius 3 is 2.47 bits per heavy atom. The SMILES string of the molecule is CN(C)NS(=O)(=O)c1ccc(N)cc1F. The van der Waals surface area contributed by atoms with Crippen molar-refractivity contribution in [3.8, 4) is 0 Å². The van der Waals surface area contributed by atoms with Crippen molar-refractivity contribution < 1.29 is 12.8 Å². The van der Waals surface area contributed by atoms with Gasteiger partial charge in [0.15, 0.2) is 0 Å². The first kappa shape index (κ1) is 11.9. The van der Waals surface area contributed by atoms with Gasteiger partial charge in [0.05, 0.1) is 0 Å². The van der Waals surface area contributed by atoms with Gasteiger partial charge in [-0.3, -0.25) is 0 Å². The van der Waals surface area contributed by atoms with Crippen LogP contribution in [0.4, 0.5) is 10.1 Å². The highest BCUT2D eigenvalue weighted by molar-refractivity contribution is 7.89. The molecule has 0 heterocycles. The Balaban J connectivity index is 3.16. The lowest BCUT2D eigenvalue weighted by Gasteiger charge is -2.12. The fraction of sp³-hybridized carbons (Fsp3) is 0.250. The maximum absolute atomic E-state index is 13.3. The van der Waals surface area contributed by atoms with E-state index in [4.69, 9.17) is 5.73 Å². The molecule has 0 aliphatic rings. The molecular weight excluding hydrogens is 221 g/mol. The molecule has 84 valence electrons. The summed E-state index contributed by atoms with van der Waals surface area (Å²) < 4.78 is 36.4. The summed E-state index contributed by atoms with van der Waals surface area (Å²) in [7, 11) is -0.876. The third-order valence-electron chi connectivity index (χ3n) is 1.55. The highest BCUT2D eigenvalue weighted by Crippen LogP contribution is 2.16. The Kier molecular flexibility index (Phi) is 3.28. The molecule has 1 rings (SSSR count). The summed E-state index contributed by atoms with van der Waals surface area (Å²) in [6.07, 6.45) is 0. The molecule has 7 heteroatoms. The number of anilines is 1. The van der Waals surface area contributed by atoms with Crippen molar-refractivity contribution >= 4 is 15.7 Å². The molecular formula is C8H12FN3O2S. The zero-order valence-corrected chi connectivity index (χ0v) is 9.18. The van der Waals surface area contributed by atoms with Crippen LogP contribution in [0.15, 0.2) is 23.1 Å². The van der Waals surface area contributed by atoms with Crippen LogP contribution in [0.1, 0.15) is 0 Å². The van der Waals surface area contributed by atoms with Gasteiger partial charge in [0.2, 0.25) is 0 Å². The lowest BCUT2D eigenvalue weighted by Crippen LogP contribution is -2.36. The number of nitrogens with two attached hydrogens (primary N) is 1. The number of nitrogens with zero attached hydrogens (tertiary/aromatic N) is 1. The molecule has 0 aromatic heterocycles. The van der Waals surface area contributed by atoms with E-state index in [9.17, 15) is 12.8 Å². The van der Waals surface area contributed by atoms with E-state index < -0.39 is 20.7 Å². The Morgan fingerprint density at radius 2 is 2.00 bits per heavy atom. The minimum atomic E-state index is -3.86. The molecule has 0 aliphatic carbocycles. The predicted octanol–water partition coefficient (Wildman–Crippen LogP) is 0.163. The molecule has 1 aromatic carbocycles. The molecule has 0 atom stereocenters. The average Bonchev–Trinajstić information content (AvgIpc) is 1.99. The summed E-state index contributed by atoms with van der Waals surface area (Å²) in [6, 6.07) is 3.41. The molecule has 0 spiro atoms. The number of rotatable bonds is 3. The van der Waals surface area contributed by atoms with Crippen molar-refractivity contribution in [3.63, 3.8) is 0 Å². The van der Waals surface area contributed by atoms with E-state index in [0.29, 0.717) is 0 Å². The quantitative estimate of drug-likeness (QED) is 0.576. The minimum absolute atomic E-state index is 0.177. The fourth-order valence-electron chi connectivity index (χ4n) is 1.02. The second-order valence-electron chi connectivity index (χ2n) is 3.18. The van der Waals surface area contributed by atoms with Crippen molar-refractivity contribution in [2.75, 3.05) is 19.8 Å². The predicted molar refractivity (Wildman–Crippen MR) is 54.8 cm³/mol. The van der Waals surface area contributed by atoms with Crippen molar-refractivity contribution in [2.24, 2.45) is 0 Å². The number of nitrogen functional groups attached to an aromatic ring is 1. The van der Waals surface area contributed by atoms with Crippen LogP contribution < -0.4 is 10.6 Å². The van der Waals surface area contributed by atoms with Gasteiger partial charge in [-0.25, -0.2) is 17.8 Å². The normalized spacial score (nSPS) is 12.0. The number of hydrogen-bond acceptors (Lipinski definition) is 4. The van der Waals surface area contributed by atoms with Gasteiger partial charge < -0.3 is 5.73 Å². The smallest absolute Gasteiger partial charge is 0.256 e. The summed E-state index contributed by atoms with van der Waals surface area (Å²) in [5.74, 6) is -0.871. The van der Waals surface area contributed by atoms with Crippen LogP contribution in [0.25, 0.3) is 0 Å². The van der Waals surface area contributed by atoms with E-state index in [2.05, 4.69) is 4.83 Å². The lowest BCUT2D eigenvalue weighted by atomic mass is 10.3. The molecule has 15 heavy (non-hydrogen) atoms. The molecule has 3 N–H and O–H groups in total. The van der Waals surface area contributed by atoms with Gasteiger partial charge >= 0.3 is 0 Å². The molecule has 0 radical (unpaired) electrons. The van der Waals surface area contributed by atoms with Gasteiger partial charge in [0, 0.05) is 19.8 Å². The fourth-order valence-corrected chi connectivity index (χ4v) is 2.17. The Morgan fingerprint density at radius 1 is 1.40 bits per heavy atom. The van der Waals surface area contributed by atoms with Crippen LogP contribution in [0, 0.1) is 5.82 Å². The van der Waals surface area contributed by atoms with Gasteiger partial charge in [-0.1, -0.05) is 0 Å². The summed E-state index contributed by atoms with van der Waals surface area (Å²) >= 11 is 0. The number of sulfonamides is 1. The van der Waals surface area contributed by atoms with Crippen molar-refractivity contribution in [3.05, 3.63) is 24.0 Å². The minimum Gasteiger partial charge on any atom is -0.399 e. The largest absolute Gasteiger partial charge is 0.399 e. The summed E-state index contributed by atoms with van der Waals surface area (Å²) in [6.45, 7) is 0. The molecule has 0 unspecified atom stereocenters. The average molecular weight is 233 g/mol. The van der Waals surface area contributed by atoms with Gasteiger partial charge in [0.1, 0.15) is 10.7 Å². The summed E-state index contributed by atoms with van der Waals surface area (Å²) in [4.78, 5) is 1.69. The molecule has 0 saturated heterocycles. The molecule has 0 fully saturated rings. The van der Waals surface area contributed by atoms with Crippen LogP contribution in [0.2, 0.25) is 0 Å². The molecule has 0 saturated carbocycles. The monoisotopic (exact) mass is 233 g/mol. The van der Waals surface area contributed by atoms with Gasteiger partial charge in [-0.2, -0.15) is 0 Å². The van der Waals surface area contributed by atoms with Crippen LogP contribution in [0.5, 0.6) is 0 Å². The molecule has 0 amide bonds. The van der Waals surface area contributed by atoms with Crippen LogP contribution in [-0.4, -0.2) is 27.5 Å². The second-order valence-corrected chi connectivity index (χ2v) is 4.81. The first-order valence-electron chi connectivity index (χ1n) is 4.08. The van der Waals surface area contributed by atoms with E-state index in [0.717, 1.165) is 12.1 Å². The van der Waals surface area contributed by atoms with Crippen molar-refractivity contribution in [1.29, 1.82) is 0 Å². The van der Waals surface area contributed by atoms with E-state index in [1.165, 1.54) is 25.2 Å². The number of nitrogens with one attached hydrogen (secondary N) is 1. The third-order valence-corrected chi connectivity index (χ3v) is 3.06. The van der Waals surface area contributed by atoms with Crippen molar-refractivity contribution in [2.45, 2.75) is 4.90 Å².